The Bertz CT molecular complexity index is 344. The van der Waals surface area contributed by atoms with Crippen molar-refractivity contribution in [2.45, 2.75) is 44.4 Å². The highest BCUT2D eigenvalue weighted by Gasteiger charge is 2.33. The van der Waals surface area contributed by atoms with Crippen molar-refractivity contribution in [2.75, 3.05) is 0 Å². The summed E-state index contributed by atoms with van der Waals surface area (Å²) in [6, 6.07) is 9.86. The van der Waals surface area contributed by atoms with Crippen molar-refractivity contribution in [3.05, 3.63) is 35.9 Å². The van der Waals surface area contributed by atoms with Crippen molar-refractivity contribution < 1.29 is 14.9 Å². The highest BCUT2D eigenvalue weighted by Crippen LogP contribution is 2.19. The molecule has 0 bridgehead atoms. The fourth-order valence-corrected chi connectivity index (χ4v) is 2.12. The average molecular weight is 237 g/mol. The van der Waals surface area contributed by atoms with Gasteiger partial charge in [-0.15, -0.1) is 0 Å². The molecule has 4 atom stereocenters. The van der Waals surface area contributed by atoms with Crippen LogP contribution < -0.4 is 5.32 Å². The molecule has 17 heavy (non-hydrogen) atoms. The van der Waals surface area contributed by atoms with Crippen LogP contribution in [0.1, 0.15) is 18.9 Å². The van der Waals surface area contributed by atoms with Crippen LogP contribution in [0.15, 0.2) is 30.3 Å². The van der Waals surface area contributed by atoms with Crippen molar-refractivity contribution in [3.8, 4) is 0 Å². The molecule has 0 spiro atoms. The van der Waals surface area contributed by atoms with Crippen molar-refractivity contribution in [3.63, 3.8) is 0 Å². The van der Waals surface area contributed by atoms with E-state index in [9.17, 15) is 10.2 Å². The van der Waals surface area contributed by atoms with Crippen LogP contribution >= 0.6 is 0 Å². The summed E-state index contributed by atoms with van der Waals surface area (Å²) in [4.78, 5) is 0. The first kappa shape index (κ1) is 12.5. The molecular weight excluding hydrogens is 218 g/mol. The highest BCUT2D eigenvalue weighted by atomic mass is 16.6. The Morgan fingerprint density at radius 3 is 2.71 bits per heavy atom. The predicted octanol–water partition coefficient (Wildman–Crippen LogP) is 0.633. The van der Waals surface area contributed by atoms with Gasteiger partial charge in [-0.25, -0.2) is 0 Å². The maximum atomic E-state index is 9.93. The number of aliphatic hydroxyl groups excluding tert-OH is 2. The number of nitrogens with one attached hydrogen (secondary N) is 1. The fourth-order valence-electron chi connectivity index (χ4n) is 2.12. The largest absolute Gasteiger partial charge is 0.389 e. The first-order valence-corrected chi connectivity index (χ1v) is 5.95. The van der Waals surface area contributed by atoms with E-state index in [1.807, 2.05) is 30.3 Å². The van der Waals surface area contributed by atoms with Gasteiger partial charge in [-0.05, 0) is 12.5 Å². The molecule has 1 aromatic rings. The minimum absolute atomic E-state index is 0.131. The lowest BCUT2D eigenvalue weighted by molar-refractivity contribution is -0.202. The van der Waals surface area contributed by atoms with E-state index in [0.717, 1.165) is 5.56 Å². The zero-order valence-corrected chi connectivity index (χ0v) is 9.91. The van der Waals surface area contributed by atoms with Gasteiger partial charge in [0, 0.05) is 19.0 Å². The quantitative estimate of drug-likeness (QED) is 0.721. The lowest BCUT2D eigenvalue weighted by atomic mass is 9.99. The van der Waals surface area contributed by atoms with Gasteiger partial charge in [0.15, 0.2) is 6.29 Å². The van der Waals surface area contributed by atoms with E-state index in [1.165, 1.54) is 0 Å². The van der Waals surface area contributed by atoms with Crippen molar-refractivity contribution >= 4 is 0 Å². The van der Waals surface area contributed by atoms with E-state index < -0.39 is 12.4 Å². The predicted molar refractivity (Wildman–Crippen MR) is 64.2 cm³/mol. The Labute approximate surface area is 101 Å². The third kappa shape index (κ3) is 3.26. The molecule has 1 aliphatic heterocycles. The van der Waals surface area contributed by atoms with Gasteiger partial charge in [0.1, 0.15) is 0 Å². The third-order valence-corrected chi connectivity index (χ3v) is 3.13. The van der Waals surface area contributed by atoms with Crippen LogP contribution in [0.4, 0.5) is 0 Å². The van der Waals surface area contributed by atoms with E-state index in [4.69, 9.17) is 4.74 Å². The molecule has 1 heterocycles. The molecule has 1 aliphatic rings. The smallest absolute Gasteiger partial charge is 0.156 e. The van der Waals surface area contributed by atoms with Crippen LogP contribution in [0.3, 0.4) is 0 Å². The summed E-state index contributed by atoms with van der Waals surface area (Å²) in [6.07, 6.45) is -1.30. The molecule has 3 N–H and O–H groups in total. The fraction of sp³-hybridized carbons (Fsp3) is 0.538. The van der Waals surface area contributed by atoms with Gasteiger partial charge in [-0.3, -0.25) is 0 Å². The summed E-state index contributed by atoms with van der Waals surface area (Å²) < 4.78 is 5.15. The summed E-state index contributed by atoms with van der Waals surface area (Å²) >= 11 is 0. The lowest BCUT2D eigenvalue weighted by Crippen LogP contribution is -2.53. The minimum atomic E-state index is -0.790. The Kier molecular flexibility index (Phi) is 4.12. The number of ether oxygens (including phenoxy) is 1. The zero-order chi connectivity index (χ0) is 12.3. The monoisotopic (exact) mass is 237 g/mol. The standard InChI is InChI=1S/C13H19NO3/c1-9-13(16)11(7-12(15)17-9)14-8-10-5-3-2-4-6-10/h2-6,9,11-16H,7-8H2,1H3/t9-,11-,12?,13+/m0/s1. The van der Waals surface area contributed by atoms with Gasteiger partial charge in [0.2, 0.25) is 0 Å². The van der Waals surface area contributed by atoms with E-state index in [1.54, 1.807) is 6.92 Å². The zero-order valence-electron chi connectivity index (χ0n) is 9.91. The van der Waals surface area contributed by atoms with E-state index >= 15 is 0 Å². The van der Waals surface area contributed by atoms with Crippen LogP contribution in [-0.2, 0) is 11.3 Å². The second-order valence-electron chi connectivity index (χ2n) is 4.50. The number of benzene rings is 1. The van der Waals surface area contributed by atoms with E-state index in [-0.39, 0.29) is 12.1 Å². The van der Waals surface area contributed by atoms with Crippen LogP contribution in [0, 0.1) is 0 Å². The average Bonchev–Trinajstić information content (AvgIpc) is 2.33. The van der Waals surface area contributed by atoms with Crippen molar-refractivity contribution in [2.24, 2.45) is 0 Å². The van der Waals surface area contributed by atoms with Crippen LogP contribution in [-0.4, -0.2) is 34.8 Å². The normalized spacial score (nSPS) is 33.6. The molecule has 4 heteroatoms. The minimum Gasteiger partial charge on any atom is -0.389 e. The van der Waals surface area contributed by atoms with Crippen molar-refractivity contribution in [1.29, 1.82) is 0 Å². The maximum Gasteiger partial charge on any atom is 0.156 e. The summed E-state index contributed by atoms with van der Waals surface area (Å²) in [6.45, 7) is 2.45. The molecule has 2 rings (SSSR count). The number of hydrogen-bond acceptors (Lipinski definition) is 4. The topological polar surface area (TPSA) is 61.7 Å². The summed E-state index contributed by atoms with van der Waals surface area (Å²) in [5.41, 5.74) is 1.16. The Hall–Kier alpha value is -0.940. The van der Waals surface area contributed by atoms with Crippen LogP contribution in [0.2, 0.25) is 0 Å². The lowest BCUT2D eigenvalue weighted by Gasteiger charge is -2.36. The molecule has 0 aliphatic carbocycles. The van der Waals surface area contributed by atoms with E-state index in [2.05, 4.69) is 5.32 Å². The molecule has 1 aromatic carbocycles. The second kappa shape index (κ2) is 5.60. The van der Waals surface area contributed by atoms with Gasteiger partial charge >= 0.3 is 0 Å². The Morgan fingerprint density at radius 1 is 1.29 bits per heavy atom. The van der Waals surface area contributed by atoms with Gasteiger partial charge in [-0.2, -0.15) is 0 Å². The number of rotatable bonds is 3. The highest BCUT2D eigenvalue weighted by molar-refractivity contribution is 5.14. The summed E-state index contributed by atoms with van der Waals surface area (Å²) in [5.74, 6) is 0. The van der Waals surface area contributed by atoms with Gasteiger partial charge in [0.05, 0.1) is 12.2 Å². The van der Waals surface area contributed by atoms with E-state index in [0.29, 0.717) is 13.0 Å². The first-order chi connectivity index (χ1) is 8.16. The molecule has 0 amide bonds. The SMILES string of the molecule is C[C@@H]1OC(O)C[C@H](NCc2ccccc2)[C@@H]1O. The molecule has 0 saturated carbocycles. The molecule has 1 unspecified atom stereocenters. The Balaban J connectivity index is 1.89. The van der Waals surface area contributed by atoms with Crippen LogP contribution in [0.25, 0.3) is 0 Å². The van der Waals surface area contributed by atoms with Gasteiger partial charge in [0.25, 0.3) is 0 Å². The summed E-state index contributed by atoms with van der Waals surface area (Å²) in [5, 5.41) is 22.7. The third-order valence-electron chi connectivity index (χ3n) is 3.13. The molecular formula is C13H19NO3. The van der Waals surface area contributed by atoms with Crippen LogP contribution in [0.5, 0.6) is 0 Å². The number of hydrogen-bond donors (Lipinski definition) is 3. The molecule has 1 fully saturated rings. The molecule has 1 saturated heterocycles. The maximum absolute atomic E-state index is 9.93. The first-order valence-electron chi connectivity index (χ1n) is 5.95. The molecule has 0 aromatic heterocycles. The van der Waals surface area contributed by atoms with Gasteiger partial charge < -0.3 is 20.3 Å². The number of aliphatic hydroxyl groups is 2. The molecule has 0 radical (unpaired) electrons. The van der Waals surface area contributed by atoms with Gasteiger partial charge in [-0.1, -0.05) is 30.3 Å². The summed E-state index contributed by atoms with van der Waals surface area (Å²) in [7, 11) is 0. The molecule has 4 nitrogen and oxygen atoms in total. The second-order valence-corrected chi connectivity index (χ2v) is 4.50. The van der Waals surface area contributed by atoms with Crippen molar-refractivity contribution in [1.82, 2.24) is 5.32 Å². The molecule has 94 valence electrons. The Morgan fingerprint density at radius 2 is 2.00 bits per heavy atom.